The van der Waals surface area contributed by atoms with Crippen LogP contribution in [-0.2, 0) is 6.54 Å². The van der Waals surface area contributed by atoms with Crippen LogP contribution in [0.5, 0.6) is 0 Å². The van der Waals surface area contributed by atoms with Gasteiger partial charge < -0.3 is 5.32 Å². The molecule has 0 aliphatic heterocycles. The molecular formula is C12H14BrN5S. The normalized spacial score (nSPS) is 14.8. The maximum atomic E-state index is 4.10. The first kappa shape index (κ1) is 13.1. The second-order valence-corrected chi connectivity index (χ2v) is 6.40. The number of rotatable bonds is 5. The van der Waals surface area contributed by atoms with Crippen molar-refractivity contribution in [2.75, 3.05) is 7.05 Å². The smallest absolute Gasteiger partial charge is 0.214 e. The van der Waals surface area contributed by atoms with Crippen LogP contribution in [0.2, 0.25) is 0 Å². The fraction of sp³-hybridized carbons (Fsp3) is 0.417. The Kier molecular flexibility index (Phi) is 3.86. The number of hydrogen-bond acceptors (Lipinski definition) is 5. The van der Waals surface area contributed by atoms with Gasteiger partial charge in [0, 0.05) is 15.9 Å². The summed E-state index contributed by atoms with van der Waals surface area (Å²) in [6.45, 7) is 0.864. The lowest BCUT2D eigenvalue weighted by Gasteiger charge is -2.07. The summed E-state index contributed by atoms with van der Waals surface area (Å²) in [7, 11) is 1.94. The van der Waals surface area contributed by atoms with Gasteiger partial charge in [-0.1, -0.05) is 6.07 Å². The third-order valence-corrected chi connectivity index (χ3v) is 4.88. The van der Waals surface area contributed by atoms with E-state index in [0.29, 0.717) is 6.04 Å². The Morgan fingerprint density at radius 3 is 3.00 bits per heavy atom. The van der Waals surface area contributed by atoms with E-state index in [1.54, 1.807) is 11.8 Å². The Morgan fingerprint density at radius 2 is 2.32 bits per heavy atom. The van der Waals surface area contributed by atoms with E-state index in [0.717, 1.165) is 21.1 Å². The highest BCUT2D eigenvalue weighted by Gasteiger charge is 2.28. The number of nitrogens with one attached hydrogen (secondary N) is 1. The highest BCUT2D eigenvalue weighted by Crippen LogP contribution is 2.39. The van der Waals surface area contributed by atoms with E-state index >= 15 is 0 Å². The van der Waals surface area contributed by atoms with Gasteiger partial charge in [0.25, 0.3) is 0 Å². The van der Waals surface area contributed by atoms with Gasteiger partial charge >= 0.3 is 0 Å². The third-order valence-electron chi connectivity index (χ3n) is 2.93. The molecule has 7 heteroatoms. The predicted molar refractivity (Wildman–Crippen MR) is 77.1 cm³/mol. The van der Waals surface area contributed by atoms with Crippen molar-refractivity contribution in [1.29, 1.82) is 0 Å². The molecule has 0 unspecified atom stereocenters. The van der Waals surface area contributed by atoms with Crippen molar-refractivity contribution in [2.24, 2.45) is 0 Å². The largest absolute Gasteiger partial charge is 0.316 e. The van der Waals surface area contributed by atoms with E-state index in [2.05, 4.69) is 55.0 Å². The number of halogens is 1. The van der Waals surface area contributed by atoms with Crippen LogP contribution in [0.15, 0.2) is 32.7 Å². The Bertz CT molecular complexity index is 581. The molecule has 0 atom stereocenters. The second-order valence-electron chi connectivity index (χ2n) is 4.53. The van der Waals surface area contributed by atoms with Crippen LogP contribution in [0.3, 0.4) is 0 Å². The number of aromatic nitrogens is 4. The molecule has 1 aromatic carbocycles. The number of nitrogens with zero attached hydrogens (tertiary/aromatic N) is 4. The van der Waals surface area contributed by atoms with E-state index in [1.807, 2.05) is 11.7 Å². The molecule has 1 aliphatic carbocycles. The van der Waals surface area contributed by atoms with Gasteiger partial charge in [0.15, 0.2) is 0 Å². The lowest BCUT2D eigenvalue weighted by atomic mass is 10.2. The highest BCUT2D eigenvalue weighted by atomic mass is 79.9. The van der Waals surface area contributed by atoms with Gasteiger partial charge in [-0.2, -0.15) is 0 Å². The number of benzene rings is 1. The maximum absolute atomic E-state index is 4.10. The average molecular weight is 340 g/mol. The van der Waals surface area contributed by atoms with Crippen LogP contribution >= 0.6 is 27.7 Å². The Balaban J connectivity index is 1.80. The van der Waals surface area contributed by atoms with Crippen molar-refractivity contribution < 1.29 is 0 Å². The summed E-state index contributed by atoms with van der Waals surface area (Å²) in [5.74, 6) is 0. The van der Waals surface area contributed by atoms with Crippen LogP contribution in [0, 0.1) is 0 Å². The summed E-state index contributed by atoms with van der Waals surface area (Å²) < 4.78 is 3.01. The quantitative estimate of drug-likeness (QED) is 0.907. The molecule has 0 bridgehead atoms. The first-order valence-corrected chi connectivity index (χ1v) is 7.77. The van der Waals surface area contributed by atoms with Gasteiger partial charge in [-0.25, -0.2) is 4.68 Å². The molecule has 1 fully saturated rings. The SMILES string of the molecule is CNCc1ccc(Sc2nnnn2C2CC2)c(Br)c1. The van der Waals surface area contributed by atoms with E-state index in [4.69, 9.17) is 0 Å². The lowest BCUT2D eigenvalue weighted by molar-refractivity contribution is 0.565. The summed E-state index contributed by atoms with van der Waals surface area (Å²) in [4.78, 5) is 1.14. The van der Waals surface area contributed by atoms with Crippen molar-refractivity contribution in [3.63, 3.8) is 0 Å². The van der Waals surface area contributed by atoms with Gasteiger partial charge in [0.05, 0.1) is 6.04 Å². The van der Waals surface area contributed by atoms with Crippen molar-refractivity contribution in [3.05, 3.63) is 28.2 Å². The standard InChI is InChI=1S/C12H14BrN5S/c1-14-7-8-2-5-11(10(13)6-8)19-12-15-16-17-18(12)9-3-4-9/h2,5-6,9,14H,3-4,7H2,1H3. The van der Waals surface area contributed by atoms with E-state index in [9.17, 15) is 0 Å². The van der Waals surface area contributed by atoms with Gasteiger partial charge in [0.1, 0.15) is 0 Å². The number of hydrogen-bond donors (Lipinski definition) is 1. The van der Waals surface area contributed by atoms with E-state index in [-0.39, 0.29) is 0 Å². The Hall–Kier alpha value is -0.920. The van der Waals surface area contributed by atoms with Crippen LogP contribution in [0.25, 0.3) is 0 Å². The highest BCUT2D eigenvalue weighted by molar-refractivity contribution is 9.10. The molecule has 0 saturated heterocycles. The zero-order valence-electron chi connectivity index (χ0n) is 10.5. The molecular weight excluding hydrogens is 326 g/mol. The first-order valence-electron chi connectivity index (χ1n) is 6.16. The molecule has 1 N–H and O–H groups in total. The van der Waals surface area contributed by atoms with Crippen molar-refractivity contribution >= 4 is 27.7 Å². The molecule has 0 radical (unpaired) electrons. The summed E-state index contributed by atoms with van der Waals surface area (Å²) >= 11 is 5.22. The van der Waals surface area contributed by atoms with E-state index < -0.39 is 0 Å². The molecule has 1 aromatic heterocycles. The van der Waals surface area contributed by atoms with Crippen LogP contribution in [0.4, 0.5) is 0 Å². The van der Waals surface area contributed by atoms with Gasteiger partial charge in [0.2, 0.25) is 5.16 Å². The van der Waals surface area contributed by atoms with Crippen molar-refractivity contribution in [2.45, 2.75) is 35.5 Å². The maximum Gasteiger partial charge on any atom is 0.214 e. The third kappa shape index (κ3) is 2.98. The van der Waals surface area contributed by atoms with Crippen molar-refractivity contribution in [1.82, 2.24) is 25.5 Å². The van der Waals surface area contributed by atoms with E-state index in [1.165, 1.54) is 18.4 Å². The summed E-state index contributed by atoms with van der Waals surface area (Å²) in [5.41, 5.74) is 1.25. The Labute approximate surface area is 124 Å². The fourth-order valence-electron chi connectivity index (χ4n) is 1.84. The monoisotopic (exact) mass is 339 g/mol. The lowest BCUT2D eigenvalue weighted by Crippen LogP contribution is -2.04. The average Bonchev–Trinajstić information content (AvgIpc) is 3.14. The summed E-state index contributed by atoms with van der Waals surface area (Å²) in [5, 5.41) is 15.9. The molecule has 19 heavy (non-hydrogen) atoms. The Morgan fingerprint density at radius 1 is 1.47 bits per heavy atom. The molecule has 0 amide bonds. The summed E-state index contributed by atoms with van der Waals surface area (Å²) in [6.07, 6.45) is 2.36. The van der Waals surface area contributed by atoms with Crippen LogP contribution in [0.1, 0.15) is 24.4 Å². The van der Waals surface area contributed by atoms with Crippen LogP contribution < -0.4 is 5.32 Å². The zero-order valence-corrected chi connectivity index (χ0v) is 12.9. The minimum Gasteiger partial charge on any atom is -0.316 e. The van der Waals surface area contributed by atoms with Crippen molar-refractivity contribution in [3.8, 4) is 0 Å². The molecule has 1 saturated carbocycles. The van der Waals surface area contributed by atoms with Gasteiger partial charge in [-0.05, 0) is 75.7 Å². The topological polar surface area (TPSA) is 55.6 Å². The molecule has 5 nitrogen and oxygen atoms in total. The minimum atomic E-state index is 0.500. The minimum absolute atomic E-state index is 0.500. The first-order chi connectivity index (χ1) is 9.28. The summed E-state index contributed by atoms with van der Waals surface area (Å²) in [6, 6.07) is 6.85. The fourth-order valence-corrected chi connectivity index (χ4v) is 3.36. The predicted octanol–water partition coefficient (Wildman–Crippen LogP) is 2.64. The van der Waals surface area contributed by atoms with Gasteiger partial charge in [-0.3, -0.25) is 0 Å². The molecule has 3 rings (SSSR count). The molecule has 2 aromatic rings. The molecule has 1 heterocycles. The molecule has 0 spiro atoms. The van der Waals surface area contributed by atoms with Gasteiger partial charge in [-0.15, -0.1) is 5.10 Å². The molecule has 100 valence electrons. The second kappa shape index (κ2) is 5.60. The molecule has 1 aliphatic rings. The van der Waals surface area contributed by atoms with Crippen LogP contribution in [-0.4, -0.2) is 27.3 Å². The number of tetrazole rings is 1. The zero-order chi connectivity index (χ0) is 13.2.